The molecule has 0 unspecified atom stereocenters. The van der Waals surface area contributed by atoms with Crippen LogP contribution in [0.3, 0.4) is 0 Å². The number of para-hydroxylation sites is 4. The van der Waals surface area contributed by atoms with E-state index in [1.165, 1.54) is 0 Å². The number of hydrogen-bond acceptors (Lipinski definition) is 2. The minimum atomic E-state index is -0.815. The first-order valence-electron chi connectivity index (χ1n) is 50.4. The fraction of sp³-hybridized carbons (Fsp3) is 0.316. The van der Waals surface area contributed by atoms with Crippen molar-refractivity contribution in [1.82, 2.24) is 9.13 Å². The van der Waals surface area contributed by atoms with Crippen LogP contribution in [0.5, 0.6) is 0 Å². The molecule has 13 aromatic carbocycles. The molecule has 2 aliphatic rings. The predicted molar refractivity (Wildman–Crippen MR) is 519 cm³/mol. The van der Waals surface area contributed by atoms with Crippen molar-refractivity contribution in [1.29, 1.82) is 0 Å². The molecule has 119 heavy (non-hydrogen) atoms. The highest BCUT2D eigenvalue weighted by Crippen LogP contribution is 2.58. The molecule has 0 saturated carbocycles. The average Bonchev–Trinajstić information content (AvgIpc) is 1.54. The Kier molecular flexibility index (Phi) is 14.8. The van der Waals surface area contributed by atoms with Crippen molar-refractivity contribution in [3.8, 4) is 55.9 Å². The Bertz CT molecular complexity index is 7460. The van der Waals surface area contributed by atoms with E-state index in [2.05, 4.69) is 336 Å². The highest BCUT2D eigenvalue weighted by Gasteiger charge is 2.48. The number of rotatable bonds is 8. The van der Waals surface area contributed by atoms with Gasteiger partial charge in [-0.1, -0.05) is 357 Å². The van der Waals surface area contributed by atoms with Crippen LogP contribution in [0.25, 0.3) is 99.5 Å². The van der Waals surface area contributed by atoms with E-state index >= 15 is 0 Å². The van der Waals surface area contributed by atoms with Gasteiger partial charge in [0.05, 0.1) is 55.4 Å². The van der Waals surface area contributed by atoms with Crippen molar-refractivity contribution < 1.29 is 21.9 Å². The SMILES string of the molecule is [2H]c1c([2H])c([2H])c2c(c1[2H])c1c([2H])c([2H])c([2H])c([2H])c1n2-c1ccc2c(c1)N(c1c(-c3ccc(C(C)(C)C)cc3)cc(C(C)(C)C)cc1-c1cc(C(C)(C)C)ccc1C(C)(C)C)c1cc(C(C)(C)C)cc3c1B2c1ccc(-n2c4c([2H])c([2H])c([2H])c([2H])c4c4c([2H])c([2H])c([2H])c([2H])c42)cc1N3c1c(-c2ccccc2C(C)(C)C)cc(C(C)(C)C)cc1-c1ccc(C(C)(C)C)cc1C(C)(C)C. The summed E-state index contributed by atoms with van der Waals surface area (Å²) in [6.07, 6.45) is 0. The second-order valence-electron chi connectivity index (χ2n) is 42.8. The first-order valence-corrected chi connectivity index (χ1v) is 42.4. The topological polar surface area (TPSA) is 16.3 Å². The van der Waals surface area contributed by atoms with Gasteiger partial charge in [-0.25, -0.2) is 0 Å². The summed E-state index contributed by atoms with van der Waals surface area (Å²) in [7, 11) is 0. The highest BCUT2D eigenvalue weighted by atomic mass is 15.2. The molecule has 0 aliphatic carbocycles. The van der Waals surface area contributed by atoms with Crippen LogP contribution >= 0.6 is 0 Å². The first-order chi connectivity index (χ1) is 62.4. The zero-order valence-corrected chi connectivity index (χ0v) is 74.9. The smallest absolute Gasteiger partial charge is 0.252 e. The molecule has 2 aliphatic heterocycles. The van der Waals surface area contributed by atoms with Crippen LogP contribution in [0.15, 0.2) is 254 Å². The van der Waals surface area contributed by atoms with Crippen LogP contribution in [0, 0.1) is 0 Å². The third-order valence-corrected chi connectivity index (χ3v) is 24.9. The monoisotopic (exact) mass is 1580 g/mol. The molecule has 5 heteroatoms. The molecule has 0 atom stereocenters. The highest BCUT2D eigenvalue weighted by molar-refractivity contribution is 7.00. The van der Waals surface area contributed by atoms with Gasteiger partial charge in [0.1, 0.15) is 0 Å². The van der Waals surface area contributed by atoms with Gasteiger partial charge in [0.2, 0.25) is 0 Å². The Labute approximate surface area is 734 Å². The average molecular weight is 1580 g/mol. The Morgan fingerprint density at radius 1 is 0.244 bits per heavy atom. The minimum absolute atomic E-state index is 0.0439. The third-order valence-electron chi connectivity index (χ3n) is 24.9. The third kappa shape index (κ3) is 13.9. The lowest BCUT2D eigenvalue weighted by Gasteiger charge is -2.47. The quantitative estimate of drug-likeness (QED) is 0.141. The zero-order valence-electron chi connectivity index (χ0n) is 90.9. The molecule has 0 bridgehead atoms. The van der Waals surface area contributed by atoms with Gasteiger partial charge in [-0.2, -0.15) is 0 Å². The standard InChI is InChI=1S/C114H123BN4/c1-106(2,3)71-50-48-70(49-51-71)85-61-74(109(10,11)12)64-89(86-60-72(107(4,5)6)53-57-91(86)113(22,23)24)104(85)118-99-68-77(116-95-44-34-29-39-81(95)82-40-30-35-45-96(82)116)54-58-93(99)115-94-59-55-78(117-97-46-36-31-41-83(97)84-42-32-37-47-98(84)117)69-100(94)119(102-67-76(111(16,17)18)66-101(118)103(102)115)105-87(79-38-28-33-43-90(79)112(19,20)21)62-75(110(13,14)15)63-88(105)80-56-52-73(108(7,8)9)65-92(80)114(25,26)27/h28-69H,1-27H3/i29D,30D,31D,32D,34D,35D,36D,37D,39D,40D,41D,42D,44D,45D,46D,47D. The van der Waals surface area contributed by atoms with E-state index in [1.54, 1.807) is 9.13 Å². The summed E-state index contributed by atoms with van der Waals surface area (Å²) in [6, 6.07) is 49.9. The van der Waals surface area contributed by atoms with E-state index in [9.17, 15) is 21.9 Å². The normalized spacial score (nSPS) is 15.7. The summed E-state index contributed by atoms with van der Waals surface area (Å²) in [4.78, 5) is 4.91. The summed E-state index contributed by atoms with van der Waals surface area (Å²) in [5.41, 5.74) is 20.4. The van der Waals surface area contributed by atoms with E-state index in [0.717, 1.165) is 134 Å². The van der Waals surface area contributed by atoms with Crippen LogP contribution in [-0.4, -0.2) is 15.8 Å². The van der Waals surface area contributed by atoms with Gasteiger partial charge in [-0.05, 0) is 222 Å². The molecular formula is C114H123BN4. The summed E-state index contributed by atoms with van der Waals surface area (Å²) < 4.78 is 158. The number of benzene rings is 13. The van der Waals surface area contributed by atoms with Gasteiger partial charge in [-0.3, -0.25) is 0 Å². The van der Waals surface area contributed by atoms with Crippen molar-refractivity contribution in [3.05, 3.63) is 304 Å². The van der Waals surface area contributed by atoms with E-state index in [-0.39, 0.29) is 59.9 Å². The van der Waals surface area contributed by atoms with Gasteiger partial charge >= 0.3 is 0 Å². The summed E-state index contributed by atoms with van der Waals surface area (Å²) in [5, 5.41) is -0.268. The number of aromatic nitrogens is 2. The van der Waals surface area contributed by atoms with Crippen molar-refractivity contribution in [2.75, 3.05) is 9.80 Å². The fourth-order valence-corrected chi connectivity index (χ4v) is 18.2. The number of anilines is 6. The summed E-state index contributed by atoms with van der Waals surface area (Å²) in [6.45, 7) is 60.0. The van der Waals surface area contributed by atoms with Gasteiger partial charge in [0, 0.05) is 77.9 Å². The van der Waals surface area contributed by atoms with Crippen LogP contribution in [0.2, 0.25) is 0 Å². The maximum Gasteiger partial charge on any atom is 0.252 e. The van der Waals surface area contributed by atoms with Crippen molar-refractivity contribution in [2.24, 2.45) is 0 Å². The second-order valence-corrected chi connectivity index (χ2v) is 42.8. The van der Waals surface area contributed by atoms with Gasteiger partial charge in [0.15, 0.2) is 0 Å². The molecule has 0 amide bonds. The molecule has 4 heterocycles. The van der Waals surface area contributed by atoms with Crippen molar-refractivity contribution in [2.45, 2.75) is 236 Å². The Morgan fingerprint density at radius 3 is 0.983 bits per heavy atom. The largest absolute Gasteiger partial charge is 0.310 e. The molecule has 4 nitrogen and oxygen atoms in total. The van der Waals surface area contributed by atoms with Gasteiger partial charge in [-0.15, -0.1) is 0 Å². The Hall–Kier alpha value is -10.9. The van der Waals surface area contributed by atoms with E-state index in [0.29, 0.717) is 22.7 Å². The number of hydrogen-bond donors (Lipinski definition) is 0. The maximum atomic E-state index is 10.1. The van der Waals surface area contributed by atoms with E-state index in [4.69, 9.17) is 0 Å². The molecule has 15 aromatic rings. The number of nitrogens with zero attached hydrogens (tertiary/aromatic N) is 4. The van der Waals surface area contributed by atoms with Crippen LogP contribution in [-0.2, 0) is 48.7 Å². The van der Waals surface area contributed by atoms with Gasteiger partial charge in [0.25, 0.3) is 6.71 Å². The lowest BCUT2D eigenvalue weighted by molar-refractivity contribution is 0.569. The molecule has 2 aromatic heterocycles. The van der Waals surface area contributed by atoms with Crippen molar-refractivity contribution in [3.63, 3.8) is 0 Å². The fourth-order valence-electron chi connectivity index (χ4n) is 18.2. The van der Waals surface area contributed by atoms with Crippen LogP contribution in [0.1, 0.15) is 259 Å². The van der Waals surface area contributed by atoms with Crippen molar-refractivity contribution >= 4 is 101 Å². The van der Waals surface area contributed by atoms with E-state index in [1.807, 2.05) is 18.2 Å². The molecule has 17 rings (SSSR count). The van der Waals surface area contributed by atoms with E-state index < -0.39 is 136 Å². The van der Waals surface area contributed by atoms with Gasteiger partial charge < -0.3 is 18.9 Å². The molecule has 0 spiro atoms. The summed E-state index contributed by atoms with van der Waals surface area (Å²) >= 11 is 0. The maximum absolute atomic E-state index is 10.1. The number of fused-ring (bicyclic) bond motifs is 10. The Morgan fingerprint density at radius 2 is 0.571 bits per heavy atom. The zero-order chi connectivity index (χ0) is 98.8. The molecule has 602 valence electrons. The Balaban J connectivity index is 1.18. The van der Waals surface area contributed by atoms with Crippen LogP contribution in [0.4, 0.5) is 34.1 Å². The lowest BCUT2D eigenvalue weighted by Crippen LogP contribution is -2.61. The second kappa shape index (κ2) is 27.9. The molecule has 0 N–H and O–H groups in total. The molecule has 0 fully saturated rings. The molecular weight excluding hydrogens is 1440 g/mol. The minimum Gasteiger partial charge on any atom is -0.310 e. The molecule has 0 radical (unpaired) electrons. The lowest BCUT2D eigenvalue weighted by atomic mass is 9.33. The van der Waals surface area contributed by atoms with Crippen LogP contribution < -0.4 is 26.2 Å². The molecule has 0 saturated heterocycles. The summed E-state index contributed by atoms with van der Waals surface area (Å²) in [5.74, 6) is 0. The first kappa shape index (κ1) is 63.2. The predicted octanol–water partition coefficient (Wildman–Crippen LogP) is 30.3.